The third-order valence-electron chi connectivity index (χ3n) is 2.99. The van der Waals surface area contributed by atoms with Gasteiger partial charge in [0.2, 0.25) is 5.88 Å². The topological polar surface area (TPSA) is 47.0 Å². The highest BCUT2D eigenvalue weighted by Gasteiger charge is 2.07. The van der Waals surface area contributed by atoms with Crippen LogP contribution < -0.4 is 10.1 Å². The molecule has 4 nitrogen and oxygen atoms in total. The number of aromatic nitrogens is 2. The van der Waals surface area contributed by atoms with Crippen molar-refractivity contribution in [2.75, 3.05) is 12.4 Å². The van der Waals surface area contributed by atoms with Crippen molar-refractivity contribution < 1.29 is 4.74 Å². The van der Waals surface area contributed by atoms with E-state index in [1.807, 2.05) is 14.0 Å². The van der Waals surface area contributed by atoms with Crippen LogP contribution >= 0.6 is 0 Å². The third kappa shape index (κ3) is 3.22. The molecule has 0 unspecified atom stereocenters. The van der Waals surface area contributed by atoms with Crippen LogP contribution in [-0.2, 0) is 0 Å². The van der Waals surface area contributed by atoms with Gasteiger partial charge < -0.3 is 10.1 Å². The molecule has 2 rings (SSSR count). The summed E-state index contributed by atoms with van der Waals surface area (Å²) < 4.78 is 5.85. The lowest BCUT2D eigenvalue weighted by Crippen LogP contribution is -1.97. The summed E-state index contributed by atoms with van der Waals surface area (Å²) in [5.74, 6) is 2.60. The van der Waals surface area contributed by atoms with Crippen LogP contribution in [-0.4, -0.2) is 17.0 Å². The van der Waals surface area contributed by atoms with E-state index < -0.39 is 0 Å². The minimum atomic E-state index is 0.473. The number of nitrogens with zero attached hydrogens (tertiary/aromatic N) is 2. The van der Waals surface area contributed by atoms with Gasteiger partial charge in [0.05, 0.1) is 0 Å². The highest BCUT2D eigenvalue weighted by atomic mass is 16.5. The molecular weight excluding hydrogens is 238 g/mol. The van der Waals surface area contributed by atoms with Gasteiger partial charge in [-0.3, -0.25) is 0 Å². The molecule has 0 fully saturated rings. The summed E-state index contributed by atoms with van der Waals surface area (Å²) in [6, 6.07) is 8.05. The van der Waals surface area contributed by atoms with Crippen molar-refractivity contribution >= 4 is 5.82 Å². The molecule has 0 aliphatic rings. The molecule has 100 valence electrons. The van der Waals surface area contributed by atoms with Crippen LogP contribution in [0.4, 0.5) is 5.82 Å². The Hall–Kier alpha value is -2.10. The Morgan fingerprint density at radius 1 is 1.16 bits per heavy atom. The summed E-state index contributed by atoms with van der Waals surface area (Å²) >= 11 is 0. The maximum absolute atomic E-state index is 5.85. The molecule has 0 aliphatic carbocycles. The highest BCUT2D eigenvalue weighted by Crippen LogP contribution is 2.28. The molecule has 0 spiro atoms. The van der Waals surface area contributed by atoms with E-state index in [2.05, 4.69) is 47.3 Å². The smallest absolute Gasteiger partial charge is 0.224 e. The first-order valence-electron chi connectivity index (χ1n) is 6.38. The molecule has 0 saturated carbocycles. The van der Waals surface area contributed by atoms with Gasteiger partial charge in [-0.1, -0.05) is 26.0 Å². The van der Waals surface area contributed by atoms with Crippen molar-refractivity contribution in [2.45, 2.75) is 26.7 Å². The first-order chi connectivity index (χ1) is 9.10. The van der Waals surface area contributed by atoms with E-state index in [1.54, 1.807) is 6.07 Å². The molecule has 1 aromatic carbocycles. The van der Waals surface area contributed by atoms with Gasteiger partial charge >= 0.3 is 0 Å². The van der Waals surface area contributed by atoms with Gasteiger partial charge in [-0.15, -0.1) is 0 Å². The lowest BCUT2D eigenvalue weighted by molar-refractivity contribution is 0.457. The lowest BCUT2D eigenvalue weighted by atomic mass is 10.0. The van der Waals surface area contributed by atoms with Crippen LogP contribution in [0.15, 0.2) is 30.6 Å². The molecule has 1 aromatic heterocycles. The van der Waals surface area contributed by atoms with E-state index in [-0.39, 0.29) is 0 Å². The summed E-state index contributed by atoms with van der Waals surface area (Å²) in [7, 11) is 1.82. The molecule has 19 heavy (non-hydrogen) atoms. The molecule has 2 aromatic rings. The largest absolute Gasteiger partial charge is 0.439 e. The Bertz CT molecular complexity index is 567. The van der Waals surface area contributed by atoms with E-state index in [9.17, 15) is 0 Å². The standard InChI is InChI=1S/C15H19N3O/c1-10(2)12-6-5-11(3)13(7-12)19-15-8-14(16-4)17-9-18-15/h5-10H,1-4H3,(H,16,17,18). The Morgan fingerprint density at radius 2 is 1.95 bits per heavy atom. The maximum atomic E-state index is 5.85. The number of benzene rings is 1. The molecule has 0 atom stereocenters. The van der Waals surface area contributed by atoms with Crippen molar-refractivity contribution in [3.8, 4) is 11.6 Å². The summed E-state index contributed by atoms with van der Waals surface area (Å²) in [6.07, 6.45) is 1.49. The third-order valence-corrected chi connectivity index (χ3v) is 2.99. The molecule has 1 N–H and O–H groups in total. The first kappa shape index (κ1) is 13.3. The predicted molar refractivity (Wildman–Crippen MR) is 76.9 cm³/mol. The number of rotatable bonds is 4. The van der Waals surface area contributed by atoms with Crippen molar-refractivity contribution in [2.24, 2.45) is 0 Å². The highest BCUT2D eigenvalue weighted by molar-refractivity contribution is 5.42. The summed E-state index contributed by atoms with van der Waals surface area (Å²) in [5.41, 5.74) is 2.34. The van der Waals surface area contributed by atoms with E-state index in [0.29, 0.717) is 11.8 Å². The fraction of sp³-hybridized carbons (Fsp3) is 0.333. The van der Waals surface area contributed by atoms with Crippen LogP contribution in [0.5, 0.6) is 11.6 Å². The maximum Gasteiger partial charge on any atom is 0.224 e. The fourth-order valence-electron chi connectivity index (χ4n) is 1.73. The van der Waals surface area contributed by atoms with Crippen LogP contribution in [0.25, 0.3) is 0 Å². The molecule has 0 aliphatic heterocycles. The van der Waals surface area contributed by atoms with Gasteiger partial charge in [0.25, 0.3) is 0 Å². The van der Waals surface area contributed by atoms with Crippen LogP contribution in [0, 0.1) is 6.92 Å². The summed E-state index contributed by atoms with van der Waals surface area (Å²) in [6.45, 7) is 6.36. The van der Waals surface area contributed by atoms with Gasteiger partial charge in [0.15, 0.2) is 0 Å². The van der Waals surface area contributed by atoms with E-state index >= 15 is 0 Å². The average molecular weight is 257 g/mol. The minimum absolute atomic E-state index is 0.473. The van der Waals surface area contributed by atoms with Crippen molar-refractivity contribution in [3.63, 3.8) is 0 Å². The first-order valence-corrected chi connectivity index (χ1v) is 6.38. The van der Waals surface area contributed by atoms with Crippen molar-refractivity contribution in [1.82, 2.24) is 9.97 Å². The van der Waals surface area contributed by atoms with Gasteiger partial charge in [0, 0.05) is 13.1 Å². The molecule has 1 heterocycles. The molecule has 4 heteroatoms. The zero-order valence-corrected chi connectivity index (χ0v) is 11.8. The van der Waals surface area contributed by atoms with Gasteiger partial charge in [0.1, 0.15) is 17.9 Å². The zero-order valence-electron chi connectivity index (χ0n) is 11.8. The monoisotopic (exact) mass is 257 g/mol. The minimum Gasteiger partial charge on any atom is -0.439 e. The molecule has 0 radical (unpaired) electrons. The number of hydrogen-bond donors (Lipinski definition) is 1. The van der Waals surface area contributed by atoms with E-state index in [1.165, 1.54) is 11.9 Å². The Kier molecular flexibility index (Phi) is 4.00. The lowest BCUT2D eigenvalue weighted by Gasteiger charge is -2.12. The fourth-order valence-corrected chi connectivity index (χ4v) is 1.73. The van der Waals surface area contributed by atoms with E-state index in [0.717, 1.165) is 17.1 Å². The molecule has 0 bridgehead atoms. The Balaban J connectivity index is 2.29. The second-order valence-electron chi connectivity index (χ2n) is 4.77. The van der Waals surface area contributed by atoms with Crippen LogP contribution in [0.1, 0.15) is 30.9 Å². The molecule has 0 amide bonds. The van der Waals surface area contributed by atoms with Gasteiger partial charge in [-0.2, -0.15) is 0 Å². The quantitative estimate of drug-likeness (QED) is 0.906. The Morgan fingerprint density at radius 3 is 2.63 bits per heavy atom. The molecule has 0 saturated heterocycles. The summed E-state index contributed by atoms with van der Waals surface area (Å²) in [4.78, 5) is 8.19. The number of nitrogens with one attached hydrogen (secondary N) is 1. The number of anilines is 1. The second-order valence-corrected chi connectivity index (χ2v) is 4.77. The van der Waals surface area contributed by atoms with Crippen molar-refractivity contribution in [3.05, 3.63) is 41.7 Å². The van der Waals surface area contributed by atoms with Gasteiger partial charge in [-0.25, -0.2) is 9.97 Å². The number of aryl methyl sites for hydroxylation is 1. The van der Waals surface area contributed by atoms with Crippen molar-refractivity contribution in [1.29, 1.82) is 0 Å². The predicted octanol–water partition coefficient (Wildman–Crippen LogP) is 3.74. The van der Waals surface area contributed by atoms with E-state index in [4.69, 9.17) is 4.74 Å². The number of hydrogen-bond acceptors (Lipinski definition) is 4. The SMILES string of the molecule is CNc1cc(Oc2cc(C(C)C)ccc2C)ncn1. The van der Waals surface area contributed by atoms with Gasteiger partial charge in [-0.05, 0) is 30.0 Å². The van der Waals surface area contributed by atoms with Crippen LogP contribution in [0.3, 0.4) is 0 Å². The zero-order chi connectivity index (χ0) is 13.8. The Labute approximate surface area is 113 Å². The molecular formula is C15H19N3O. The second kappa shape index (κ2) is 5.69. The normalized spacial score (nSPS) is 10.6. The average Bonchev–Trinajstić information content (AvgIpc) is 2.41. The number of ether oxygens (including phenoxy) is 1. The summed E-state index contributed by atoms with van der Waals surface area (Å²) in [5, 5.41) is 2.97. The van der Waals surface area contributed by atoms with Crippen LogP contribution in [0.2, 0.25) is 0 Å².